The number of nitrogens with zero attached hydrogens (tertiary/aromatic N) is 1. The van der Waals surface area contributed by atoms with Gasteiger partial charge in [-0.1, -0.05) is 23.2 Å². The Hall–Kier alpha value is -3.38. The average Bonchev–Trinajstić information content (AvgIpc) is 2.80. The van der Waals surface area contributed by atoms with Crippen LogP contribution in [-0.4, -0.2) is 35.3 Å². The molecule has 33 heavy (non-hydrogen) atoms. The highest BCUT2D eigenvalue weighted by molar-refractivity contribution is 6.31. The van der Waals surface area contributed by atoms with E-state index in [4.69, 9.17) is 20.8 Å². The number of hydrogen-bond donors (Lipinski definition) is 0. The van der Waals surface area contributed by atoms with Gasteiger partial charge < -0.3 is 14.1 Å². The number of likely N-dealkylation sites (tertiary alicyclic amines) is 1. The van der Waals surface area contributed by atoms with Crippen LogP contribution in [0.4, 0.5) is 0 Å². The summed E-state index contributed by atoms with van der Waals surface area (Å²) in [6.45, 7) is 2.83. The van der Waals surface area contributed by atoms with Gasteiger partial charge in [0.2, 0.25) is 5.91 Å². The van der Waals surface area contributed by atoms with Crippen LogP contribution in [0.5, 0.6) is 5.75 Å². The molecule has 2 aliphatic rings. The second-order valence-corrected chi connectivity index (χ2v) is 9.14. The molecular weight excluding hydrogens is 442 g/mol. The summed E-state index contributed by atoms with van der Waals surface area (Å²) in [5.74, 6) is 0.369. The second kappa shape index (κ2) is 8.19. The summed E-state index contributed by atoms with van der Waals surface area (Å²) in [4.78, 5) is 39.9. The van der Waals surface area contributed by atoms with Crippen molar-refractivity contribution in [3.8, 4) is 5.75 Å². The van der Waals surface area contributed by atoms with Gasteiger partial charge in [-0.3, -0.25) is 14.4 Å². The Bertz CT molecular complexity index is 1360. The zero-order chi connectivity index (χ0) is 23.2. The van der Waals surface area contributed by atoms with E-state index < -0.39 is 5.60 Å². The number of hydrogen-bond acceptors (Lipinski definition) is 5. The zero-order valence-electron chi connectivity index (χ0n) is 18.1. The Morgan fingerprint density at radius 2 is 1.91 bits per heavy atom. The molecule has 7 heteroatoms. The molecule has 1 aromatic heterocycles. The summed E-state index contributed by atoms with van der Waals surface area (Å²) in [7, 11) is 0. The van der Waals surface area contributed by atoms with Gasteiger partial charge in [0.25, 0.3) is 0 Å². The number of Topliss-reactive ketones (excluding diaryl/α,β-unsaturated/α-hetero) is 1. The highest BCUT2D eigenvalue weighted by Gasteiger charge is 2.43. The van der Waals surface area contributed by atoms with Crippen LogP contribution in [0.3, 0.4) is 0 Å². The maximum Gasteiger partial charge on any atom is 0.246 e. The molecule has 0 radical (unpaired) electrons. The molecule has 0 saturated carbocycles. The molecule has 6 nitrogen and oxygen atoms in total. The molecule has 1 spiro atoms. The molecule has 3 heterocycles. The number of rotatable bonds is 2. The number of fused-ring (bicyclic) bond motifs is 2. The minimum absolute atomic E-state index is 0.0108. The lowest BCUT2D eigenvalue weighted by molar-refractivity contribution is -0.129. The smallest absolute Gasteiger partial charge is 0.246 e. The summed E-state index contributed by atoms with van der Waals surface area (Å²) < 4.78 is 11.8. The third-order valence-corrected chi connectivity index (χ3v) is 6.63. The third kappa shape index (κ3) is 4.07. The Labute approximate surface area is 195 Å². The number of ether oxygens (including phenoxy) is 1. The van der Waals surface area contributed by atoms with Crippen LogP contribution in [0.15, 0.2) is 57.9 Å². The summed E-state index contributed by atoms with van der Waals surface area (Å²) >= 11 is 6.01. The lowest BCUT2D eigenvalue weighted by atomic mass is 9.82. The molecule has 3 aromatic rings. The van der Waals surface area contributed by atoms with Crippen molar-refractivity contribution >= 4 is 40.3 Å². The molecule has 0 N–H and O–H groups in total. The number of benzene rings is 2. The number of carbonyl (C=O) groups is 2. The largest absolute Gasteiger partial charge is 0.486 e. The summed E-state index contributed by atoms with van der Waals surface area (Å²) in [5, 5.41) is 0.995. The van der Waals surface area contributed by atoms with E-state index in [-0.39, 0.29) is 23.5 Å². The van der Waals surface area contributed by atoms with Crippen LogP contribution in [-0.2, 0) is 4.79 Å². The average molecular weight is 464 g/mol. The highest BCUT2D eigenvalue weighted by atomic mass is 35.5. The van der Waals surface area contributed by atoms with E-state index in [1.807, 2.05) is 13.0 Å². The number of aryl methyl sites for hydroxylation is 1. The SMILES string of the molecule is Cc1ccc2occ(/C=C/C(=O)N3CCC4(CC3)CC(=O)c3cc(Cl)ccc3O4)c(=O)c2c1. The van der Waals surface area contributed by atoms with Crippen LogP contribution >= 0.6 is 11.6 Å². The molecule has 5 rings (SSSR count). The molecule has 1 amide bonds. The Morgan fingerprint density at radius 3 is 2.70 bits per heavy atom. The molecule has 168 valence electrons. The first-order valence-electron chi connectivity index (χ1n) is 10.8. The minimum Gasteiger partial charge on any atom is -0.486 e. The molecular formula is C26H22ClNO5. The predicted molar refractivity (Wildman–Crippen MR) is 126 cm³/mol. The highest BCUT2D eigenvalue weighted by Crippen LogP contribution is 2.40. The van der Waals surface area contributed by atoms with Crippen LogP contribution in [0, 0.1) is 6.92 Å². The number of halogens is 1. The van der Waals surface area contributed by atoms with E-state index >= 15 is 0 Å². The first-order chi connectivity index (χ1) is 15.8. The molecule has 2 aromatic carbocycles. The molecule has 0 atom stereocenters. The topological polar surface area (TPSA) is 76.8 Å². The molecule has 0 aliphatic carbocycles. The van der Waals surface area contributed by atoms with Crippen molar-refractivity contribution in [2.45, 2.75) is 31.8 Å². The van der Waals surface area contributed by atoms with Crippen molar-refractivity contribution in [2.75, 3.05) is 13.1 Å². The van der Waals surface area contributed by atoms with Gasteiger partial charge in [0, 0.05) is 37.0 Å². The fourth-order valence-corrected chi connectivity index (χ4v) is 4.69. The quantitative estimate of drug-likeness (QED) is 0.510. The van der Waals surface area contributed by atoms with Gasteiger partial charge in [0.05, 0.1) is 22.9 Å². The van der Waals surface area contributed by atoms with Crippen molar-refractivity contribution in [2.24, 2.45) is 0 Å². The maximum absolute atomic E-state index is 12.8. The van der Waals surface area contributed by atoms with Gasteiger partial charge in [-0.25, -0.2) is 0 Å². The van der Waals surface area contributed by atoms with E-state index in [1.54, 1.807) is 35.2 Å². The predicted octanol–water partition coefficient (Wildman–Crippen LogP) is 4.79. The Morgan fingerprint density at radius 1 is 1.12 bits per heavy atom. The van der Waals surface area contributed by atoms with Crippen molar-refractivity contribution in [1.82, 2.24) is 4.90 Å². The maximum atomic E-state index is 12.8. The summed E-state index contributed by atoms with van der Waals surface area (Å²) in [6, 6.07) is 10.5. The lowest BCUT2D eigenvalue weighted by Gasteiger charge is -2.43. The molecule has 1 fully saturated rings. The zero-order valence-corrected chi connectivity index (χ0v) is 18.9. The fourth-order valence-electron chi connectivity index (χ4n) is 4.52. The summed E-state index contributed by atoms with van der Waals surface area (Å²) in [5.41, 5.74) is 1.54. The molecule has 0 bridgehead atoms. The minimum atomic E-state index is -0.602. The van der Waals surface area contributed by atoms with Crippen molar-refractivity contribution in [3.63, 3.8) is 0 Å². The van der Waals surface area contributed by atoms with Crippen LogP contribution in [0.2, 0.25) is 5.02 Å². The van der Waals surface area contributed by atoms with E-state index in [2.05, 4.69) is 0 Å². The normalized spacial score (nSPS) is 17.4. The number of amides is 1. The summed E-state index contributed by atoms with van der Waals surface area (Å²) in [6.07, 6.45) is 5.66. The van der Waals surface area contributed by atoms with Crippen LogP contribution in [0.25, 0.3) is 17.0 Å². The van der Waals surface area contributed by atoms with E-state index in [1.165, 1.54) is 18.4 Å². The first-order valence-corrected chi connectivity index (χ1v) is 11.2. The van der Waals surface area contributed by atoms with Crippen LogP contribution in [0.1, 0.15) is 40.7 Å². The fraction of sp³-hybridized carbons (Fsp3) is 0.269. The van der Waals surface area contributed by atoms with Crippen molar-refractivity contribution in [3.05, 3.63) is 80.7 Å². The van der Waals surface area contributed by atoms with Crippen molar-refractivity contribution < 1.29 is 18.7 Å². The number of ketones is 1. The second-order valence-electron chi connectivity index (χ2n) is 8.70. The molecule has 0 unspecified atom stereocenters. The van der Waals surface area contributed by atoms with E-state index in [0.717, 1.165) is 5.56 Å². The van der Waals surface area contributed by atoms with Gasteiger partial charge in [-0.2, -0.15) is 0 Å². The van der Waals surface area contributed by atoms with Crippen molar-refractivity contribution in [1.29, 1.82) is 0 Å². The molecule has 2 aliphatic heterocycles. The van der Waals surface area contributed by atoms with E-state index in [9.17, 15) is 14.4 Å². The Kier molecular flexibility index (Phi) is 5.33. The third-order valence-electron chi connectivity index (χ3n) is 6.40. The van der Waals surface area contributed by atoms with Gasteiger partial charge >= 0.3 is 0 Å². The van der Waals surface area contributed by atoms with Gasteiger partial charge in [0.1, 0.15) is 23.2 Å². The van der Waals surface area contributed by atoms with Gasteiger partial charge in [-0.05, 0) is 43.3 Å². The first kappa shape index (κ1) is 21.5. The van der Waals surface area contributed by atoms with Gasteiger partial charge in [0.15, 0.2) is 11.2 Å². The standard InChI is InChI=1S/C26H22ClNO5/c1-16-2-5-22-20(12-16)25(31)17(15-32-22)3-7-24(30)28-10-8-26(9-11-28)14-21(29)19-13-18(27)4-6-23(19)33-26/h2-7,12-13,15H,8-11,14H2,1H3/b7-3+. The van der Waals surface area contributed by atoms with E-state index in [0.29, 0.717) is 58.8 Å². The Balaban J connectivity index is 1.28. The number of carbonyl (C=O) groups excluding carboxylic acids is 2. The van der Waals surface area contributed by atoms with Gasteiger partial charge in [-0.15, -0.1) is 0 Å². The van der Waals surface area contributed by atoms with Crippen LogP contribution < -0.4 is 10.2 Å². The number of piperidine rings is 1. The monoisotopic (exact) mass is 463 g/mol. The molecule has 1 saturated heterocycles. The lowest BCUT2D eigenvalue weighted by Crippen LogP contribution is -2.52.